The largest absolute Gasteiger partial charge is 0.378 e. The average Bonchev–Trinajstić information content (AvgIpc) is 2.92. The highest BCUT2D eigenvalue weighted by Crippen LogP contribution is 2.26. The maximum atomic E-state index is 13.0. The van der Waals surface area contributed by atoms with Gasteiger partial charge in [0.05, 0.1) is 30.5 Å². The second-order valence-corrected chi connectivity index (χ2v) is 8.60. The van der Waals surface area contributed by atoms with Crippen LogP contribution in [0.2, 0.25) is 0 Å². The normalized spacial score (nSPS) is 13.1. The number of carbonyl (C=O) groups is 2. The van der Waals surface area contributed by atoms with Gasteiger partial charge in [-0.1, -0.05) is 18.2 Å². The maximum Gasteiger partial charge on any atom is 0.255 e. The van der Waals surface area contributed by atoms with Gasteiger partial charge < -0.3 is 19.9 Å². The number of aromatic nitrogens is 2. The zero-order chi connectivity index (χ0) is 25.5. The molecule has 1 aliphatic rings. The Morgan fingerprint density at radius 1 is 1.11 bits per heavy atom. The molecule has 0 unspecified atom stereocenters. The summed E-state index contributed by atoms with van der Waals surface area (Å²) in [6.45, 7) is 2.74. The topological polar surface area (TPSA) is 111 Å². The fourth-order valence-electron chi connectivity index (χ4n) is 4.03. The van der Waals surface area contributed by atoms with E-state index in [0.717, 1.165) is 35.6 Å². The molecule has 9 heteroatoms. The molecule has 9 nitrogen and oxygen atoms in total. The second kappa shape index (κ2) is 11.4. The first kappa shape index (κ1) is 24.8. The second-order valence-electron chi connectivity index (χ2n) is 8.60. The predicted molar refractivity (Wildman–Crippen MR) is 136 cm³/mol. The molecule has 0 aliphatic carbocycles. The third-order valence-corrected chi connectivity index (χ3v) is 5.89. The minimum Gasteiger partial charge on any atom is -0.378 e. The summed E-state index contributed by atoms with van der Waals surface area (Å²) in [5.74, 6) is 0.285. The Balaban J connectivity index is 1.55. The number of hydrogen-bond donors (Lipinski definition) is 1. The Morgan fingerprint density at radius 2 is 1.86 bits per heavy atom. The van der Waals surface area contributed by atoms with Gasteiger partial charge in [-0.25, -0.2) is 9.97 Å². The number of nitrogens with zero attached hydrogens (tertiary/aromatic N) is 5. The molecule has 2 aromatic carbocycles. The predicted octanol–water partition coefficient (Wildman–Crippen LogP) is 2.53. The van der Waals surface area contributed by atoms with Crippen molar-refractivity contribution in [1.29, 1.82) is 5.26 Å². The van der Waals surface area contributed by atoms with Crippen LogP contribution in [0.5, 0.6) is 0 Å². The van der Waals surface area contributed by atoms with Crippen LogP contribution >= 0.6 is 0 Å². The van der Waals surface area contributed by atoms with Crippen molar-refractivity contribution in [3.8, 4) is 17.3 Å². The highest BCUT2D eigenvalue weighted by Gasteiger charge is 2.21. The summed E-state index contributed by atoms with van der Waals surface area (Å²) in [5.41, 5.74) is 4.57. The van der Waals surface area contributed by atoms with Crippen LogP contribution in [0.15, 0.2) is 54.7 Å². The molecule has 0 saturated carbocycles. The van der Waals surface area contributed by atoms with Gasteiger partial charge in [-0.15, -0.1) is 0 Å². The third-order valence-electron chi connectivity index (χ3n) is 5.89. The number of anilines is 1. The molecule has 0 spiro atoms. The first-order valence-electron chi connectivity index (χ1n) is 11.7. The lowest BCUT2D eigenvalue weighted by atomic mass is 10.0. The van der Waals surface area contributed by atoms with E-state index in [1.54, 1.807) is 37.3 Å². The van der Waals surface area contributed by atoms with Gasteiger partial charge in [0.1, 0.15) is 12.4 Å². The number of hydrogen-bond acceptors (Lipinski definition) is 7. The van der Waals surface area contributed by atoms with Gasteiger partial charge in [-0.2, -0.15) is 5.26 Å². The van der Waals surface area contributed by atoms with Crippen LogP contribution in [0, 0.1) is 11.3 Å². The van der Waals surface area contributed by atoms with E-state index in [-0.39, 0.29) is 18.4 Å². The molecule has 1 N–H and O–H groups in total. The minimum atomic E-state index is -0.296. The molecule has 0 radical (unpaired) electrons. The first-order valence-corrected chi connectivity index (χ1v) is 11.7. The quantitative estimate of drug-likeness (QED) is 0.513. The van der Waals surface area contributed by atoms with Crippen molar-refractivity contribution >= 4 is 17.5 Å². The van der Waals surface area contributed by atoms with Crippen molar-refractivity contribution in [2.24, 2.45) is 0 Å². The van der Waals surface area contributed by atoms with Crippen LogP contribution in [0.25, 0.3) is 11.3 Å². The van der Waals surface area contributed by atoms with E-state index in [0.29, 0.717) is 36.6 Å². The molecule has 2 amide bonds. The van der Waals surface area contributed by atoms with Gasteiger partial charge in [0, 0.05) is 56.6 Å². The summed E-state index contributed by atoms with van der Waals surface area (Å²) >= 11 is 0. The summed E-state index contributed by atoms with van der Waals surface area (Å²) < 4.78 is 5.47. The van der Waals surface area contributed by atoms with Crippen LogP contribution in [0.3, 0.4) is 0 Å². The van der Waals surface area contributed by atoms with E-state index in [4.69, 9.17) is 15.0 Å². The molecular formula is C27H28N6O3. The number of rotatable bonds is 7. The molecule has 1 aliphatic heterocycles. The molecule has 2 heterocycles. The lowest BCUT2D eigenvalue weighted by molar-refractivity contribution is 0.0826. The fraction of sp³-hybridized carbons (Fsp3) is 0.296. The van der Waals surface area contributed by atoms with E-state index in [2.05, 4.69) is 15.2 Å². The standard InChI is InChI=1S/C27H28N6O3/c1-32(2)27(35)22-17-19(3-8-24(22)33-13-15-36-16-14-33)18-25-29-11-9-23(31-25)20-4-6-21(7-5-20)26(34)30-12-10-28/h3-9,11,17H,12-16,18H2,1-2H3,(H,30,34). The van der Waals surface area contributed by atoms with Crippen LogP contribution in [0.4, 0.5) is 5.69 Å². The summed E-state index contributed by atoms with van der Waals surface area (Å²) in [6, 6.07) is 16.7. The monoisotopic (exact) mass is 484 g/mol. The van der Waals surface area contributed by atoms with Crippen LogP contribution in [-0.4, -0.2) is 73.6 Å². The molecule has 0 bridgehead atoms. The van der Waals surface area contributed by atoms with Crippen molar-refractivity contribution in [2.45, 2.75) is 6.42 Å². The smallest absolute Gasteiger partial charge is 0.255 e. The maximum absolute atomic E-state index is 13.0. The van der Waals surface area contributed by atoms with Crippen LogP contribution in [-0.2, 0) is 11.2 Å². The van der Waals surface area contributed by atoms with E-state index >= 15 is 0 Å². The Labute approximate surface area is 210 Å². The molecule has 4 rings (SSSR count). The number of amides is 2. The zero-order valence-electron chi connectivity index (χ0n) is 20.4. The molecular weight excluding hydrogens is 456 g/mol. The number of carbonyl (C=O) groups excluding carboxylic acids is 2. The lowest BCUT2D eigenvalue weighted by Gasteiger charge is -2.31. The van der Waals surface area contributed by atoms with E-state index in [9.17, 15) is 9.59 Å². The van der Waals surface area contributed by atoms with Crippen molar-refractivity contribution in [2.75, 3.05) is 51.8 Å². The summed E-state index contributed by atoms with van der Waals surface area (Å²) in [4.78, 5) is 37.9. The number of ether oxygens (including phenoxy) is 1. The summed E-state index contributed by atoms with van der Waals surface area (Å²) in [5, 5.41) is 11.1. The van der Waals surface area contributed by atoms with Gasteiger partial charge in [0.25, 0.3) is 11.8 Å². The third kappa shape index (κ3) is 5.85. The van der Waals surface area contributed by atoms with Gasteiger partial charge in [0.15, 0.2) is 0 Å². The lowest BCUT2D eigenvalue weighted by Crippen LogP contribution is -2.37. The van der Waals surface area contributed by atoms with Crippen LogP contribution < -0.4 is 10.2 Å². The van der Waals surface area contributed by atoms with Gasteiger partial charge in [-0.05, 0) is 35.9 Å². The highest BCUT2D eigenvalue weighted by atomic mass is 16.5. The van der Waals surface area contributed by atoms with Gasteiger partial charge in [0.2, 0.25) is 0 Å². The van der Waals surface area contributed by atoms with Crippen molar-refractivity contribution in [3.63, 3.8) is 0 Å². The van der Waals surface area contributed by atoms with Crippen molar-refractivity contribution < 1.29 is 14.3 Å². The number of morpholine rings is 1. The highest BCUT2D eigenvalue weighted by molar-refractivity contribution is 6.00. The molecule has 0 atom stereocenters. The molecule has 1 aromatic heterocycles. The number of benzene rings is 2. The molecule has 184 valence electrons. The van der Waals surface area contributed by atoms with E-state index in [1.807, 2.05) is 42.5 Å². The average molecular weight is 485 g/mol. The Kier molecular flexibility index (Phi) is 7.88. The van der Waals surface area contributed by atoms with Crippen LogP contribution in [0.1, 0.15) is 32.1 Å². The van der Waals surface area contributed by atoms with Crippen molar-refractivity contribution in [1.82, 2.24) is 20.2 Å². The number of nitriles is 1. The number of nitrogens with one attached hydrogen (secondary N) is 1. The SMILES string of the molecule is CN(C)C(=O)c1cc(Cc2nccc(-c3ccc(C(=O)NCC#N)cc3)n2)ccc1N1CCOCC1. The fourth-order valence-corrected chi connectivity index (χ4v) is 4.03. The Morgan fingerprint density at radius 3 is 2.56 bits per heavy atom. The van der Waals surface area contributed by atoms with E-state index < -0.39 is 0 Å². The molecule has 1 fully saturated rings. The van der Waals surface area contributed by atoms with Gasteiger partial charge >= 0.3 is 0 Å². The Bertz CT molecular complexity index is 1280. The van der Waals surface area contributed by atoms with Crippen molar-refractivity contribution in [3.05, 3.63) is 77.2 Å². The Hall–Kier alpha value is -4.29. The summed E-state index contributed by atoms with van der Waals surface area (Å²) in [6.07, 6.45) is 2.18. The first-order chi connectivity index (χ1) is 17.5. The van der Waals surface area contributed by atoms with Gasteiger partial charge in [-0.3, -0.25) is 9.59 Å². The minimum absolute atomic E-state index is 0.0366. The summed E-state index contributed by atoms with van der Waals surface area (Å²) in [7, 11) is 3.51. The molecule has 36 heavy (non-hydrogen) atoms. The zero-order valence-corrected chi connectivity index (χ0v) is 20.4. The molecule has 3 aromatic rings. The van der Waals surface area contributed by atoms with E-state index in [1.165, 1.54) is 0 Å². The molecule has 1 saturated heterocycles.